The molecule has 0 saturated carbocycles. The van der Waals surface area contributed by atoms with Crippen LogP contribution in [0.25, 0.3) is 0 Å². The Morgan fingerprint density at radius 1 is 1.20 bits per heavy atom. The summed E-state index contributed by atoms with van der Waals surface area (Å²) < 4.78 is 0. The van der Waals surface area contributed by atoms with E-state index in [1.165, 1.54) is 0 Å². The van der Waals surface area contributed by atoms with E-state index in [0.717, 1.165) is 18.5 Å². The van der Waals surface area contributed by atoms with Gasteiger partial charge >= 0.3 is 0 Å². The van der Waals surface area contributed by atoms with Crippen molar-refractivity contribution in [1.82, 2.24) is 0 Å². The van der Waals surface area contributed by atoms with Crippen molar-refractivity contribution >= 4 is 8.32 Å². The maximum atomic E-state index is 9.65. The standard InChI is InChI=1S/C6H18N2OSi/c1-10(9,6-4-8)5-2-3-7/h9H,2-8H2,1H3. The zero-order valence-corrected chi connectivity index (χ0v) is 7.64. The third-order valence-electron chi connectivity index (χ3n) is 1.60. The van der Waals surface area contributed by atoms with Crippen LogP contribution in [0.5, 0.6) is 0 Å². The molecule has 0 amide bonds. The molecule has 0 heterocycles. The second-order valence-electron chi connectivity index (χ2n) is 2.93. The lowest BCUT2D eigenvalue weighted by Gasteiger charge is -2.18. The molecule has 62 valence electrons. The van der Waals surface area contributed by atoms with Crippen molar-refractivity contribution < 1.29 is 4.80 Å². The van der Waals surface area contributed by atoms with Gasteiger partial charge in [0.05, 0.1) is 0 Å². The molecular formula is C6H18N2OSi. The Bertz CT molecular complexity index is 87.8. The Balaban J connectivity index is 3.42. The first-order valence-electron chi connectivity index (χ1n) is 3.75. The highest BCUT2D eigenvalue weighted by Crippen LogP contribution is 2.11. The Morgan fingerprint density at radius 2 is 1.80 bits per heavy atom. The lowest BCUT2D eigenvalue weighted by molar-refractivity contribution is 0.532. The summed E-state index contributed by atoms with van der Waals surface area (Å²) in [5, 5.41) is 0. The monoisotopic (exact) mass is 162 g/mol. The van der Waals surface area contributed by atoms with Crippen LogP contribution in [0.3, 0.4) is 0 Å². The average Bonchev–Trinajstić information content (AvgIpc) is 1.84. The van der Waals surface area contributed by atoms with Crippen molar-refractivity contribution in [2.45, 2.75) is 25.1 Å². The summed E-state index contributed by atoms with van der Waals surface area (Å²) in [5.41, 5.74) is 10.6. The second-order valence-corrected chi connectivity index (χ2v) is 6.92. The summed E-state index contributed by atoms with van der Waals surface area (Å²) in [6, 6.07) is 1.69. The fourth-order valence-electron chi connectivity index (χ4n) is 0.919. The number of hydrogen-bond acceptors (Lipinski definition) is 3. The van der Waals surface area contributed by atoms with Gasteiger partial charge in [-0.3, -0.25) is 0 Å². The van der Waals surface area contributed by atoms with Crippen LogP contribution in [-0.2, 0) is 0 Å². The topological polar surface area (TPSA) is 72.3 Å². The fourth-order valence-corrected chi connectivity index (χ4v) is 2.76. The van der Waals surface area contributed by atoms with Gasteiger partial charge in [-0.1, -0.05) is 0 Å². The van der Waals surface area contributed by atoms with Crippen molar-refractivity contribution in [1.29, 1.82) is 0 Å². The van der Waals surface area contributed by atoms with Crippen molar-refractivity contribution in [3.05, 3.63) is 0 Å². The summed E-state index contributed by atoms with van der Waals surface area (Å²) >= 11 is 0. The molecule has 10 heavy (non-hydrogen) atoms. The van der Waals surface area contributed by atoms with Gasteiger partial charge in [0.1, 0.15) is 0 Å². The number of rotatable bonds is 5. The normalized spacial score (nSPS) is 16.8. The zero-order valence-electron chi connectivity index (χ0n) is 6.64. The van der Waals surface area contributed by atoms with Crippen LogP contribution in [0.2, 0.25) is 18.6 Å². The quantitative estimate of drug-likeness (QED) is 0.493. The molecule has 1 unspecified atom stereocenters. The minimum absolute atomic E-state index is 0.601. The molecule has 0 aliphatic heterocycles. The van der Waals surface area contributed by atoms with Crippen LogP contribution < -0.4 is 11.5 Å². The molecule has 0 saturated heterocycles. The molecule has 0 aliphatic rings. The first-order chi connectivity index (χ1) is 4.62. The van der Waals surface area contributed by atoms with Crippen LogP contribution >= 0.6 is 0 Å². The van der Waals surface area contributed by atoms with Gasteiger partial charge in [-0.15, -0.1) is 0 Å². The third-order valence-corrected chi connectivity index (χ3v) is 4.40. The molecule has 5 N–H and O–H groups in total. The summed E-state index contributed by atoms with van der Waals surface area (Å²) in [4.78, 5) is 9.65. The smallest absolute Gasteiger partial charge is 0.186 e. The van der Waals surface area contributed by atoms with Crippen molar-refractivity contribution in [3.8, 4) is 0 Å². The Hall–Kier alpha value is 0.0969. The summed E-state index contributed by atoms with van der Waals surface area (Å²) in [7, 11) is -1.93. The van der Waals surface area contributed by atoms with E-state index in [1.54, 1.807) is 0 Å². The summed E-state index contributed by atoms with van der Waals surface area (Å²) in [6.07, 6.45) is 0.930. The van der Waals surface area contributed by atoms with Gasteiger partial charge in [0, 0.05) is 0 Å². The maximum Gasteiger partial charge on any atom is 0.186 e. The van der Waals surface area contributed by atoms with Crippen molar-refractivity contribution in [3.63, 3.8) is 0 Å². The molecule has 0 aliphatic carbocycles. The maximum absolute atomic E-state index is 9.65. The first kappa shape index (κ1) is 10.1. The molecular weight excluding hydrogens is 144 g/mol. The lowest BCUT2D eigenvalue weighted by Crippen LogP contribution is -2.33. The summed E-state index contributed by atoms with van der Waals surface area (Å²) in [5.74, 6) is 0. The molecule has 0 spiro atoms. The minimum Gasteiger partial charge on any atom is -0.432 e. The lowest BCUT2D eigenvalue weighted by atomic mass is 10.5. The van der Waals surface area contributed by atoms with E-state index in [1.807, 2.05) is 6.55 Å². The fraction of sp³-hybridized carbons (Fsp3) is 1.00. The summed E-state index contributed by atoms with van der Waals surface area (Å²) in [6.45, 7) is 3.22. The van der Waals surface area contributed by atoms with Crippen LogP contribution in [-0.4, -0.2) is 26.2 Å². The van der Waals surface area contributed by atoms with Crippen LogP contribution in [0.1, 0.15) is 6.42 Å². The molecule has 0 fully saturated rings. The molecule has 0 rings (SSSR count). The van der Waals surface area contributed by atoms with Gasteiger partial charge < -0.3 is 16.3 Å². The Morgan fingerprint density at radius 3 is 2.20 bits per heavy atom. The van der Waals surface area contributed by atoms with E-state index in [2.05, 4.69) is 0 Å². The van der Waals surface area contributed by atoms with E-state index in [-0.39, 0.29) is 0 Å². The highest BCUT2D eigenvalue weighted by molar-refractivity contribution is 6.71. The first-order valence-corrected chi connectivity index (χ1v) is 6.61. The van der Waals surface area contributed by atoms with E-state index in [0.29, 0.717) is 13.1 Å². The predicted octanol–water partition coefficient (Wildman–Crippen LogP) is -0.138. The van der Waals surface area contributed by atoms with E-state index in [4.69, 9.17) is 11.5 Å². The van der Waals surface area contributed by atoms with Crippen LogP contribution in [0.15, 0.2) is 0 Å². The molecule has 0 aromatic heterocycles. The second kappa shape index (κ2) is 4.84. The highest BCUT2D eigenvalue weighted by atomic mass is 28.4. The van der Waals surface area contributed by atoms with Gasteiger partial charge in [-0.2, -0.15) is 0 Å². The number of nitrogens with two attached hydrogens (primary N) is 2. The molecule has 3 nitrogen and oxygen atoms in total. The molecule has 0 radical (unpaired) electrons. The van der Waals surface area contributed by atoms with E-state index < -0.39 is 8.32 Å². The Kier molecular flexibility index (Phi) is 4.89. The average molecular weight is 162 g/mol. The van der Waals surface area contributed by atoms with Gasteiger partial charge in [0.25, 0.3) is 0 Å². The zero-order chi connectivity index (χ0) is 8.04. The third kappa shape index (κ3) is 4.93. The van der Waals surface area contributed by atoms with Crippen molar-refractivity contribution in [2.75, 3.05) is 13.1 Å². The van der Waals surface area contributed by atoms with Crippen LogP contribution in [0, 0.1) is 0 Å². The molecule has 4 heteroatoms. The molecule has 0 aromatic rings. The largest absolute Gasteiger partial charge is 0.432 e. The van der Waals surface area contributed by atoms with Gasteiger partial charge in [-0.05, 0) is 38.1 Å². The van der Waals surface area contributed by atoms with Gasteiger partial charge in [0.2, 0.25) is 0 Å². The van der Waals surface area contributed by atoms with Crippen molar-refractivity contribution in [2.24, 2.45) is 11.5 Å². The van der Waals surface area contributed by atoms with Gasteiger partial charge in [-0.25, -0.2) is 0 Å². The molecule has 0 aromatic carbocycles. The predicted molar refractivity (Wildman–Crippen MR) is 46.2 cm³/mol. The Labute approximate surface area is 63.5 Å². The van der Waals surface area contributed by atoms with Gasteiger partial charge in [0.15, 0.2) is 8.32 Å². The molecule has 1 atom stereocenters. The number of hydrogen-bond donors (Lipinski definition) is 3. The SMILES string of the molecule is C[Si](O)(CCN)CCCN. The minimum atomic E-state index is -1.93. The highest BCUT2D eigenvalue weighted by Gasteiger charge is 2.21. The molecule has 0 bridgehead atoms. The van der Waals surface area contributed by atoms with E-state index >= 15 is 0 Å². The van der Waals surface area contributed by atoms with E-state index in [9.17, 15) is 4.80 Å². The van der Waals surface area contributed by atoms with Crippen LogP contribution in [0.4, 0.5) is 0 Å².